The molecule has 1 aromatic rings. The number of nitrogens with zero attached hydrogens (tertiary/aromatic N) is 1. The van der Waals surface area contributed by atoms with Gasteiger partial charge in [0.2, 0.25) is 0 Å². The topological polar surface area (TPSA) is 41.9 Å². The summed E-state index contributed by atoms with van der Waals surface area (Å²) in [4.78, 5) is 2.35. The molecule has 4 nitrogen and oxygen atoms in total. The third kappa shape index (κ3) is 3.25. The van der Waals surface area contributed by atoms with Crippen LogP contribution in [0.4, 0.5) is 0 Å². The molecule has 0 amide bonds. The molecule has 1 unspecified atom stereocenters. The maximum absolute atomic E-state index is 9.91. The highest BCUT2D eigenvalue weighted by atomic mass is 16.5. The van der Waals surface area contributed by atoms with Crippen LogP contribution in [0.15, 0.2) is 18.2 Å². The number of likely N-dealkylation sites (tertiary alicyclic amines) is 1. The Hall–Kier alpha value is -1.26. The summed E-state index contributed by atoms with van der Waals surface area (Å²) in [6, 6.07) is 6.24. The smallest absolute Gasteiger partial charge is 0.123 e. The summed E-state index contributed by atoms with van der Waals surface area (Å²) in [7, 11) is 3.38. The third-order valence-corrected chi connectivity index (χ3v) is 4.08. The molecule has 0 aliphatic carbocycles. The number of aliphatic hydroxyl groups excluding tert-OH is 1. The van der Waals surface area contributed by atoms with Crippen LogP contribution >= 0.6 is 0 Å². The highest BCUT2D eigenvalue weighted by molar-refractivity contribution is 5.42. The van der Waals surface area contributed by atoms with E-state index in [-0.39, 0.29) is 6.10 Å². The largest absolute Gasteiger partial charge is 0.497 e. The van der Waals surface area contributed by atoms with E-state index in [1.807, 2.05) is 19.1 Å². The molecule has 2 rings (SSSR count). The molecule has 1 heterocycles. The number of β-amino-alcohol motifs (C(OH)–C–C–N with tert-alkyl or cyclic N) is 1. The zero-order valence-corrected chi connectivity index (χ0v) is 12.6. The van der Waals surface area contributed by atoms with Gasteiger partial charge in [0.05, 0.1) is 20.3 Å². The molecule has 1 N–H and O–H groups in total. The van der Waals surface area contributed by atoms with E-state index in [0.29, 0.717) is 6.04 Å². The Morgan fingerprint density at radius 3 is 2.80 bits per heavy atom. The molecule has 0 aromatic heterocycles. The maximum atomic E-state index is 9.91. The second-order valence-corrected chi connectivity index (χ2v) is 5.32. The number of aliphatic hydroxyl groups is 1. The van der Waals surface area contributed by atoms with Crippen LogP contribution < -0.4 is 9.47 Å². The minimum Gasteiger partial charge on any atom is -0.497 e. The van der Waals surface area contributed by atoms with Gasteiger partial charge in [0.15, 0.2) is 0 Å². The summed E-state index contributed by atoms with van der Waals surface area (Å²) in [5.41, 5.74) is 1.16. The predicted molar refractivity (Wildman–Crippen MR) is 79.4 cm³/mol. The molecule has 0 spiro atoms. The molecule has 0 saturated carbocycles. The lowest BCUT2D eigenvalue weighted by molar-refractivity contribution is 0.102. The fourth-order valence-electron chi connectivity index (χ4n) is 2.90. The zero-order valence-electron chi connectivity index (χ0n) is 12.6. The second kappa shape index (κ2) is 6.95. The van der Waals surface area contributed by atoms with Crippen LogP contribution in [0.5, 0.6) is 11.5 Å². The molecule has 4 heteroatoms. The van der Waals surface area contributed by atoms with Gasteiger partial charge in [-0.25, -0.2) is 0 Å². The molecule has 1 fully saturated rings. The van der Waals surface area contributed by atoms with Gasteiger partial charge in [0, 0.05) is 18.2 Å². The first-order valence-corrected chi connectivity index (χ1v) is 7.33. The van der Waals surface area contributed by atoms with Crippen molar-refractivity contribution in [1.29, 1.82) is 0 Å². The van der Waals surface area contributed by atoms with E-state index >= 15 is 0 Å². The highest BCUT2D eigenvalue weighted by Crippen LogP contribution is 2.38. The van der Waals surface area contributed by atoms with Crippen LogP contribution in [-0.4, -0.2) is 43.4 Å². The molecule has 2 atom stereocenters. The average molecular weight is 279 g/mol. The lowest BCUT2D eigenvalue weighted by Gasteiger charge is -2.28. The Morgan fingerprint density at radius 2 is 2.15 bits per heavy atom. The van der Waals surface area contributed by atoms with Gasteiger partial charge in [-0.05, 0) is 44.0 Å². The number of hydrogen-bond acceptors (Lipinski definition) is 4. The standard InChI is InChI=1S/C16H25NO3/c1-4-12(18)11-17-9-5-6-15(17)14-10-13(19-2)7-8-16(14)20-3/h7-8,10,12,15,18H,4-6,9,11H2,1-3H3/t12-,15?/m1/s1. The van der Waals surface area contributed by atoms with Crippen LogP contribution in [0.1, 0.15) is 37.8 Å². The molecule has 1 saturated heterocycles. The lowest BCUT2D eigenvalue weighted by atomic mass is 10.0. The third-order valence-electron chi connectivity index (χ3n) is 4.08. The van der Waals surface area contributed by atoms with E-state index in [1.54, 1.807) is 14.2 Å². The van der Waals surface area contributed by atoms with Crippen LogP contribution in [0.2, 0.25) is 0 Å². The van der Waals surface area contributed by atoms with Gasteiger partial charge in [-0.2, -0.15) is 0 Å². The zero-order chi connectivity index (χ0) is 14.5. The van der Waals surface area contributed by atoms with Crippen LogP contribution in [-0.2, 0) is 0 Å². The highest BCUT2D eigenvalue weighted by Gasteiger charge is 2.29. The van der Waals surface area contributed by atoms with E-state index < -0.39 is 0 Å². The second-order valence-electron chi connectivity index (χ2n) is 5.32. The van der Waals surface area contributed by atoms with E-state index in [4.69, 9.17) is 9.47 Å². The van der Waals surface area contributed by atoms with Crippen LogP contribution in [0, 0.1) is 0 Å². The van der Waals surface area contributed by atoms with Crippen molar-refractivity contribution in [1.82, 2.24) is 4.90 Å². The normalized spacial score (nSPS) is 20.9. The molecular weight excluding hydrogens is 254 g/mol. The summed E-state index contributed by atoms with van der Waals surface area (Å²) in [6.07, 6.45) is 2.78. The Bertz CT molecular complexity index is 436. The lowest BCUT2D eigenvalue weighted by Crippen LogP contribution is -2.32. The van der Waals surface area contributed by atoms with Gasteiger partial charge < -0.3 is 14.6 Å². The van der Waals surface area contributed by atoms with Gasteiger partial charge in [0.25, 0.3) is 0 Å². The summed E-state index contributed by atoms with van der Waals surface area (Å²) in [5.74, 6) is 1.75. The summed E-state index contributed by atoms with van der Waals surface area (Å²) in [5, 5.41) is 9.91. The molecule has 0 bridgehead atoms. The number of benzene rings is 1. The summed E-state index contributed by atoms with van der Waals surface area (Å²) in [6.45, 7) is 3.77. The van der Waals surface area contributed by atoms with Gasteiger partial charge in [-0.15, -0.1) is 0 Å². The SMILES string of the molecule is CC[C@@H](O)CN1CCCC1c1cc(OC)ccc1OC. The van der Waals surface area contributed by atoms with Gasteiger partial charge >= 0.3 is 0 Å². The first-order valence-electron chi connectivity index (χ1n) is 7.33. The van der Waals surface area contributed by atoms with Crippen molar-refractivity contribution in [2.24, 2.45) is 0 Å². The Kier molecular flexibility index (Phi) is 5.26. The number of methoxy groups -OCH3 is 2. The van der Waals surface area contributed by atoms with Gasteiger partial charge in [-0.1, -0.05) is 6.92 Å². The molecule has 112 valence electrons. The monoisotopic (exact) mass is 279 g/mol. The van der Waals surface area contributed by atoms with Crippen molar-refractivity contribution < 1.29 is 14.6 Å². The molecule has 1 aliphatic rings. The molecule has 1 aliphatic heterocycles. The predicted octanol–water partition coefficient (Wildman–Crippen LogP) is 2.61. The van der Waals surface area contributed by atoms with Crippen molar-refractivity contribution in [2.45, 2.75) is 38.3 Å². The molecule has 20 heavy (non-hydrogen) atoms. The summed E-state index contributed by atoms with van der Waals surface area (Å²) >= 11 is 0. The Labute approximate surface area is 121 Å². The van der Waals surface area contributed by atoms with E-state index in [1.165, 1.54) is 0 Å². The van der Waals surface area contributed by atoms with E-state index in [9.17, 15) is 5.11 Å². The minimum absolute atomic E-state index is 0.257. The number of ether oxygens (including phenoxy) is 2. The first-order chi connectivity index (χ1) is 9.69. The Balaban J connectivity index is 2.24. The van der Waals surface area contributed by atoms with E-state index in [2.05, 4.69) is 11.0 Å². The van der Waals surface area contributed by atoms with Crippen molar-refractivity contribution in [3.05, 3.63) is 23.8 Å². The summed E-state index contributed by atoms with van der Waals surface area (Å²) < 4.78 is 10.8. The molecule has 0 radical (unpaired) electrons. The van der Waals surface area contributed by atoms with Crippen molar-refractivity contribution in [3.8, 4) is 11.5 Å². The quantitative estimate of drug-likeness (QED) is 0.869. The maximum Gasteiger partial charge on any atom is 0.123 e. The van der Waals surface area contributed by atoms with Crippen LogP contribution in [0.25, 0.3) is 0 Å². The number of hydrogen-bond donors (Lipinski definition) is 1. The van der Waals surface area contributed by atoms with Gasteiger partial charge in [-0.3, -0.25) is 4.90 Å². The minimum atomic E-state index is -0.257. The van der Waals surface area contributed by atoms with Crippen LogP contribution in [0.3, 0.4) is 0 Å². The number of rotatable bonds is 6. The first kappa shape index (κ1) is 15.1. The van der Waals surface area contributed by atoms with Gasteiger partial charge in [0.1, 0.15) is 11.5 Å². The fraction of sp³-hybridized carbons (Fsp3) is 0.625. The molecular formula is C16H25NO3. The molecule has 1 aromatic carbocycles. The fourth-order valence-corrected chi connectivity index (χ4v) is 2.90. The Morgan fingerprint density at radius 1 is 1.35 bits per heavy atom. The van der Waals surface area contributed by atoms with Crippen molar-refractivity contribution in [3.63, 3.8) is 0 Å². The average Bonchev–Trinajstić information content (AvgIpc) is 2.94. The van der Waals surface area contributed by atoms with Crippen molar-refractivity contribution in [2.75, 3.05) is 27.3 Å². The van der Waals surface area contributed by atoms with E-state index in [0.717, 1.165) is 49.4 Å². The van der Waals surface area contributed by atoms with Crippen molar-refractivity contribution >= 4 is 0 Å².